The number of anilines is 1. The van der Waals surface area contributed by atoms with Gasteiger partial charge in [0.15, 0.2) is 0 Å². The largest absolute Gasteiger partial charge is 0.351 e. The molecular weight excluding hydrogens is 480 g/mol. The van der Waals surface area contributed by atoms with Gasteiger partial charge in [0.05, 0.1) is 29.4 Å². The maximum Gasteiger partial charge on any atom is 0.223 e. The Morgan fingerprint density at radius 3 is 2.59 bits per heavy atom. The van der Waals surface area contributed by atoms with Crippen LogP contribution in [0.5, 0.6) is 0 Å². The number of pyridine rings is 1. The number of sulfonamides is 1. The van der Waals surface area contributed by atoms with E-state index in [2.05, 4.69) is 40.9 Å². The van der Waals surface area contributed by atoms with Gasteiger partial charge in [-0.25, -0.2) is 28.1 Å². The van der Waals surface area contributed by atoms with E-state index < -0.39 is 10.0 Å². The van der Waals surface area contributed by atoms with E-state index in [-0.39, 0.29) is 12.1 Å². The van der Waals surface area contributed by atoms with Crippen LogP contribution in [0, 0.1) is 0 Å². The van der Waals surface area contributed by atoms with Crippen molar-refractivity contribution >= 4 is 49.1 Å². The molecule has 0 radical (unpaired) electrons. The van der Waals surface area contributed by atoms with Crippen molar-refractivity contribution in [3.05, 3.63) is 40.2 Å². The standard InChI is InChI=1S/C18H20BrClN6O2S/c1-29(27,28)25-13-5-3-12(4-6-13)23-18-22-8-14(20)17(24-18)15-9-21-16-7-2-11(19)10-26(15)16/h2,7-10,12-13,25H,3-6H2,1H3,(H,22,23,24). The zero-order valence-corrected chi connectivity index (χ0v) is 18.8. The van der Waals surface area contributed by atoms with Crippen molar-refractivity contribution in [1.82, 2.24) is 24.1 Å². The van der Waals surface area contributed by atoms with Gasteiger partial charge in [0.2, 0.25) is 16.0 Å². The molecule has 1 fully saturated rings. The molecule has 154 valence electrons. The first-order chi connectivity index (χ1) is 13.8. The summed E-state index contributed by atoms with van der Waals surface area (Å²) in [7, 11) is -3.18. The summed E-state index contributed by atoms with van der Waals surface area (Å²) in [6.07, 6.45) is 9.63. The van der Waals surface area contributed by atoms with E-state index >= 15 is 0 Å². The molecule has 2 N–H and O–H groups in total. The molecule has 29 heavy (non-hydrogen) atoms. The van der Waals surface area contributed by atoms with Crippen LogP contribution in [0.1, 0.15) is 25.7 Å². The van der Waals surface area contributed by atoms with Crippen LogP contribution in [0.4, 0.5) is 5.95 Å². The van der Waals surface area contributed by atoms with Crippen LogP contribution < -0.4 is 10.0 Å². The van der Waals surface area contributed by atoms with Gasteiger partial charge < -0.3 is 5.32 Å². The summed E-state index contributed by atoms with van der Waals surface area (Å²) in [5, 5.41) is 3.80. The fourth-order valence-corrected chi connectivity index (χ4v) is 4.95. The van der Waals surface area contributed by atoms with Crippen molar-refractivity contribution in [1.29, 1.82) is 0 Å². The molecule has 3 heterocycles. The van der Waals surface area contributed by atoms with E-state index in [9.17, 15) is 8.42 Å². The molecule has 0 bridgehead atoms. The van der Waals surface area contributed by atoms with Crippen molar-refractivity contribution in [2.45, 2.75) is 37.8 Å². The van der Waals surface area contributed by atoms with Crippen LogP contribution in [0.25, 0.3) is 17.0 Å². The molecular formula is C18H20BrClN6O2S. The second-order valence-electron chi connectivity index (χ2n) is 7.19. The minimum atomic E-state index is -3.18. The lowest BCUT2D eigenvalue weighted by molar-refractivity contribution is 0.387. The molecule has 4 rings (SSSR count). The molecule has 8 nitrogen and oxygen atoms in total. The fraction of sp³-hybridized carbons (Fsp3) is 0.389. The molecule has 0 aliphatic heterocycles. The Morgan fingerprint density at radius 2 is 1.86 bits per heavy atom. The van der Waals surface area contributed by atoms with Crippen molar-refractivity contribution < 1.29 is 8.42 Å². The number of rotatable bonds is 5. The molecule has 0 unspecified atom stereocenters. The molecule has 1 saturated carbocycles. The predicted octanol–water partition coefficient (Wildman–Crippen LogP) is 3.48. The average molecular weight is 500 g/mol. The summed E-state index contributed by atoms with van der Waals surface area (Å²) in [6, 6.07) is 4.00. The highest BCUT2D eigenvalue weighted by Gasteiger charge is 2.24. The first-order valence-corrected chi connectivity index (χ1v) is 12.2. The van der Waals surface area contributed by atoms with Crippen molar-refractivity contribution in [3.63, 3.8) is 0 Å². The number of imidazole rings is 1. The lowest BCUT2D eigenvalue weighted by Gasteiger charge is -2.29. The predicted molar refractivity (Wildman–Crippen MR) is 117 cm³/mol. The first-order valence-electron chi connectivity index (χ1n) is 9.18. The van der Waals surface area contributed by atoms with E-state index in [1.54, 1.807) is 12.4 Å². The molecule has 3 aromatic heterocycles. The third-order valence-corrected chi connectivity index (χ3v) is 6.40. The summed E-state index contributed by atoms with van der Waals surface area (Å²) >= 11 is 9.86. The number of fused-ring (bicyclic) bond motifs is 1. The van der Waals surface area contributed by atoms with Gasteiger partial charge in [-0.15, -0.1) is 0 Å². The molecule has 1 aliphatic carbocycles. The molecule has 11 heteroatoms. The van der Waals surface area contributed by atoms with Crippen LogP contribution in [-0.2, 0) is 10.0 Å². The van der Waals surface area contributed by atoms with E-state index in [1.165, 1.54) is 6.26 Å². The van der Waals surface area contributed by atoms with Gasteiger partial charge in [-0.3, -0.25) is 4.40 Å². The smallest absolute Gasteiger partial charge is 0.223 e. The van der Waals surface area contributed by atoms with Crippen LogP contribution in [0.2, 0.25) is 5.02 Å². The zero-order valence-electron chi connectivity index (χ0n) is 15.6. The van der Waals surface area contributed by atoms with Crippen molar-refractivity contribution in [3.8, 4) is 11.4 Å². The molecule has 3 aromatic rings. The maximum atomic E-state index is 11.4. The summed E-state index contributed by atoms with van der Waals surface area (Å²) in [6.45, 7) is 0. The number of hydrogen-bond acceptors (Lipinski definition) is 6. The van der Waals surface area contributed by atoms with Gasteiger partial charge >= 0.3 is 0 Å². The van der Waals surface area contributed by atoms with E-state index in [4.69, 9.17) is 11.6 Å². The Hall–Kier alpha value is -1.75. The molecule has 0 saturated heterocycles. The van der Waals surface area contributed by atoms with E-state index in [0.29, 0.717) is 16.7 Å². The Labute approximate surface area is 182 Å². The highest BCUT2D eigenvalue weighted by atomic mass is 79.9. The summed E-state index contributed by atoms with van der Waals surface area (Å²) in [4.78, 5) is 13.3. The normalized spacial score (nSPS) is 20.1. The Balaban J connectivity index is 1.51. The maximum absolute atomic E-state index is 11.4. The third-order valence-electron chi connectivity index (χ3n) is 4.90. The van der Waals surface area contributed by atoms with Crippen molar-refractivity contribution in [2.75, 3.05) is 11.6 Å². The molecule has 0 spiro atoms. The second-order valence-corrected chi connectivity index (χ2v) is 10.3. The van der Waals surface area contributed by atoms with Crippen LogP contribution in [-0.4, -0.2) is 46.1 Å². The van der Waals surface area contributed by atoms with Gasteiger partial charge in [0, 0.05) is 22.8 Å². The van der Waals surface area contributed by atoms with Gasteiger partial charge in [0.1, 0.15) is 11.3 Å². The fourth-order valence-electron chi connectivity index (χ4n) is 3.59. The molecule has 0 atom stereocenters. The van der Waals surface area contributed by atoms with Gasteiger partial charge in [0.25, 0.3) is 0 Å². The van der Waals surface area contributed by atoms with Gasteiger partial charge in [-0.05, 0) is 53.7 Å². The lowest BCUT2D eigenvalue weighted by atomic mass is 9.92. The Bertz CT molecular complexity index is 1140. The molecule has 1 aliphatic rings. The quantitative estimate of drug-likeness (QED) is 0.557. The Kier molecular flexibility index (Phi) is 5.78. The number of aromatic nitrogens is 4. The van der Waals surface area contributed by atoms with Gasteiger partial charge in [-0.1, -0.05) is 11.6 Å². The van der Waals surface area contributed by atoms with E-state index in [0.717, 1.165) is 41.5 Å². The SMILES string of the molecule is CS(=O)(=O)NC1CCC(Nc2ncc(Cl)c(-c3cnc4ccc(Br)cn34)n2)CC1. The minimum Gasteiger partial charge on any atom is -0.351 e. The summed E-state index contributed by atoms with van der Waals surface area (Å²) in [5.74, 6) is 0.494. The summed E-state index contributed by atoms with van der Waals surface area (Å²) in [5.41, 5.74) is 2.17. The number of halogens is 2. The second kappa shape index (κ2) is 8.17. The third kappa shape index (κ3) is 4.88. The minimum absolute atomic E-state index is 0.0126. The molecule has 0 amide bonds. The summed E-state index contributed by atoms with van der Waals surface area (Å²) < 4.78 is 28.3. The molecule has 0 aromatic carbocycles. The first kappa shape index (κ1) is 20.5. The van der Waals surface area contributed by atoms with Crippen LogP contribution in [0.15, 0.2) is 35.2 Å². The van der Waals surface area contributed by atoms with Gasteiger partial charge in [-0.2, -0.15) is 0 Å². The van der Waals surface area contributed by atoms with E-state index in [1.807, 2.05) is 22.7 Å². The monoisotopic (exact) mass is 498 g/mol. The van der Waals surface area contributed by atoms with Crippen LogP contribution >= 0.6 is 27.5 Å². The Morgan fingerprint density at radius 1 is 1.14 bits per heavy atom. The zero-order chi connectivity index (χ0) is 20.6. The topological polar surface area (TPSA) is 101 Å². The number of nitrogens with zero attached hydrogens (tertiary/aromatic N) is 4. The number of hydrogen-bond donors (Lipinski definition) is 2. The number of nitrogens with one attached hydrogen (secondary N) is 2. The highest BCUT2D eigenvalue weighted by molar-refractivity contribution is 9.10. The van der Waals surface area contributed by atoms with Crippen LogP contribution in [0.3, 0.4) is 0 Å². The average Bonchev–Trinajstić information content (AvgIpc) is 3.06. The lowest BCUT2D eigenvalue weighted by Crippen LogP contribution is -2.39. The van der Waals surface area contributed by atoms with Crippen molar-refractivity contribution in [2.24, 2.45) is 0 Å². The highest BCUT2D eigenvalue weighted by Crippen LogP contribution is 2.29.